The fraction of sp³-hybridized carbons (Fsp3) is 0.0357. The van der Waals surface area contributed by atoms with Gasteiger partial charge in [0.15, 0.2) is 0 Å². The highest BCUT2D eigenvalue weighted by atomic mass is 16.2. The van der Waals surface area contributed by atoms with Gasteiger partial charge in [-0.2, -0.15) is 5.10 Å². The lowest BCUT2D eigenvalue weighted by Gasteiger charge is -2.09. The zero-order chi connectivity index (χ0) is 24.6. The SMILES string of the molecule is Cn1cccc1C(=O)Nc1ccc(-n2ncc3cc(NC(=O)c4ccc5[nH]ccc5c4)ccc32)cc1. The fourth-order valence-electron chi connectivity index (χ4n) is 4.29. The molecule has 6 rings (SSSR count). The summed E-state index contributed by atoms with van der Waals surface area (Å²) in [5.41, 5.74) is 5.33. The van der Waals surface area contributed by atoms with Crippen molar-refractivity contribution < 1.29 is 9.59 Å². The number of hydrogen-bond donors (Lipinski definition) is 3. The molecule has 0 aliphatic carbocycles. The molecule has 3 heterocycles. The lowest BCUT2D eigenvalue weighted by atomic mass is 10.1. The molecule has 0 saturated heterocycles. The number of aromatic nitrogens is 4. The van der Waals surface area contributed by atoms with Gasteiger partial charge < -0.3 is 20.2 Å². The average molecular weight is 475 g/mol. The minimum atomic E-state index is -0.169. The number of anilines is 2. The molecule has 6 aromatic rings. The molecule has 0 fully saturated rings. The van der Waals surface area contributed by atoms with Crippen LogP contribution in [-0.4, -0.2) is 31.1 Å². The molecule has 8 nitrogen and oxygen atoms in total. The Kier molecular flexibility index (Phi) is 5.11. The summed E-state index contributed by atoms with van der Waals surface area (Å²) in [4.78, 5) is 28.3. The number of fused-ring (bicyclic) bond motifs is 2. The van der Waals surface area contributed by atoms with Gasteiger partial charge in [0.1, 0.15) is 5.69 Å². The first-order valence-corrected chi connectivity index (χ1v) is 11.4. The van der Waals surface area contributed by atoms with Crippen LogP contribution in [0.15, 0.2) is 97.5 Å². The molecule has 3 aromatic carbocycles. The van der Waals surface area contributed by atoms with Crippen LogP contribution >= 0.6 is 0 Å². The number of hydrogen-bond acceptors (Lipinski definition) is 3. The van der Waals surface area contributed by atoms with E-state index < -0.39 is 0 Å². The maximum Gasteiger partial charge on any atom is 0.272 e. The smallest absolute Gasteiger partial charge is 0.272 e. The van der Waals surface area contributed by atoms with Gasteiger partial charge in [0, 0.05) is 52.7 Å². The molecule has 0 radical (unpaired) electrons. The minimum Gasteiger partial charge on any atom is -0.361 e. The van der Waals surface area contributed by atoms with E-state index in [0.717, 1.165) is 27.5 Å². The molecular weight excluding hydrogens is 452 g/mol. The topological polar surface area (TPSA) is 96.7 Å². The van der Waals surface area contributed by atoms with Crippen molar-refractivity contribution in [3.05, 3.63) is 109 Å². The zero-order valence-electron chi connectivity index (χ0n) is 19.4. The van der Waals surface area contributed by atoms with Gasteiger partial charge in [-0.25, -0.2) is 4.68 Å². The molecule has 36 heavy (non-hydrogen) atoms. The summed E-state index contributed by atoms with van der Waals surface area (Å²) in [5, 5.41) is 12.3. The zero-order valence-corrected chi connectivity index (χ0v) is 19.4. The van der Waals surface area contributed by atoms with E-state index in [4.69, 9.17) is 0 Å². The second kappa shape index (κ2) is 8.59. The Morgan fingerprint density at radius 3 is 2.44 bits per heavy atom. The van der Waals surface area contributed by atoms with Crippen LogP contribution in [0.5, 0.6) is 0 Å². The maximum atomic E-state index is 12.8. The van der Waals surface area contributed by atoms with Crippen molar-refractivity contribution >= 4 is 45.0 Å². The van der Waals surface area contributed by atoms with E-state index in [1.54, 1.807) is 22.9 Å². The van der Waals surface area contributed by atoms with Crippen molar-refractivity contribution in [2.45, 2.75) is 0 Å². The number of aromatic amines is 1. The summed E-state index contributed by atoms with van der Waals surface area (Å²) in [7, 11) is 1.83. The van der Waals surface area contributed by atoms with Crippen molar-refractivity contribution in [2.24, 2.45) is 7.05 Å². The first-order chi connectivity index (χ1) is 17.5. The fourth-order valence-corrected chi connectivity index (χ4v) is 4.29. The highest BCUT2D eigenvalue weighted by molar-refractivity contribution is 6.07. The molecule has 0 aliphatic rings. The number of nitrogens with one attached hydrogen (secondary N) is 3. The van der Waals surface area contributed by atoms with Gasteiger partial charge in [-0.3, -0.25) is 9.59 Å². The Balaban J connectivity index is 1.19. The van der Waals surface area contributed by atoms with Gasteiger partial charge >= 0.3 is 0 Å². The Hall–Kier alpha value is -5.11. The molecule has 0 spiro atoms. The van der Waals surface area contributed by atoms with Crippen molar-refractivity contribution in [2.75, 3.05) is 10.6 Å². The van der Waals surface area contributed by atoms with Crippen molar-refractivity contribution in [1.82, 2.24) is 19.3 Å². The lowest BCUT2D eigenvalue weighted by Crippen LogP contribution is -2.15. The highest BCUT2D eigenvalue weighted by Crippen LogP contribution is 2.24. The van der Waals surface area contributed by atoms with E-state index in [0.29, 0.717) is 22.6 Å². The van der Waals surface area contributed by atoms with Crippen molar-refractivity contribution in [3.8, 4) is 5.69 Å². The lowest BCUT2D eigenvalue weighted by molar-refractivity contribution is 0.101. The summed E-state index contributed by atoms with van der Waals surface area (Å²) in [6.07, 6.45) is 5.45. The summed E-state index contributed by atoms with van der Waals surface area (Å²) in [6.45, 7) is 0. The van der Waals surface area contributed by atoms with E-state index in [2.05, 4.69) is 20.7 Å². The van der Waals surface area contributed by atoms with E-state index in [-0.39, 0.29) is 11.8 Å². The van der Waals surface area contributed by atoms with E-state index in [9.17, 15) is 9.59 Å². The van der Waals surface area contributed by atoms with Gasteiger partial charge in [-0.1, -0.05) is 0 Å². The predicted molar refractivity (Wildman–Crippen MR) is 141 cm³/mol. The Bertz CT molecular complexity index is 1740. The van der Waals surface area contributed by atoms with Crippen molar-refractivity contribution in [1.29, 1.82) is 0 Å². The number of benzene rings is 3. The summed E-state index contributed by atoms with van der Waals surface area (Å²) >= 11 is 0. The number of carbonyl (C=O) groups is 2. The van der Waals surface area contributed by atoms with Crippen LogP contribution in [0.3, 0.4) is 0 Å². The van der Waals surface area contributed by atoms with Crippen LogP contribution in [0.4, 0.5) is 11.4 Å². The van der Waals surface area contributed by atoms with Gasteiger partial charge in [0.05, 0.1) is 17.4 Å². The first kappa shape index (κ1) is 21.4. The third-order valence-corrected chi connectivity index (χ3v) is 6.19. The Morgan fingerprint density at radius 1 is 0.833 bits per heavy atom. The molecule has 2 amide bonds. The predicted octanol–water partition coefficient (Wildman–Crippen LogP) is 5.35. The molecule has 3 N–H and O–H groups in total. The number of nitrogens with zero attached hydrogens (tertiary/aromatic N) is 3. The molecule has 3 aromatic heterocycles. The van der Waals surface area contributed by atoms with Crippen LogP contribution in [0.25, 0.3) is 27.5 Å². The highest BCUT2D eigenvalue weighted by Gasteiger charge is 2.12. The molecule has 0 atom stereocenters. The monoisotopic (exact) mass is 474 g/mol. The largest absolute Gasteiger partial charge is 0.361 e. The number of rotatable bonds is 5. The van der Waals surface area contributed by atoms with Gasteiger partial charge in [-0.15, -0.1) is 0 Å². The van der Waals surface area contributed by atoms with Crippen LogP contribution in [0.2, 0.25) is 0 Å². The second-order valence-electron chi connectivity index (χ2n) is 8.57. The van der Waals surface area contributed by atoms with Crippen LogP contribution in [-0.2, 0) is 7.05 Å². The average Bonchev–Trinajstić information content (AvgIpc) is 3.63. The number of amides is 2. The molecular formula is C28H22N6O2. The summed E-state index contributed by atoms with van der Waals surface area (Å²) in [5.74, 6) is -0.333. The molecule has 0 aliphatic heterocycles. The summed E-state index contributed by atoms with van der Waals surface area (Å²) in [6, 6.07) is 24.3. The quantitative estimate of drug-likeness (QED) is 0.314. The Labute approximate surface area is 206 Å². The van der Waals surface area contributed by atoms with Gasteiger partial charge in [0.2, 0.25) is 0 Å². The molecule has 176 valence electrons. The standard InChI is InChI=1S/C28H22N6O2/c1-33-14-2-3-26(33)28(36)31-21-5-8-23(9-6-21)34-25-11-7-22(16-20(25)17-30-34)32-27(35)19-4-10-24-18(15-19)12-13-29-24/h2-17,29H,1H3,(H,31,36)(H,32,35). The van der Waals surface area contributed by atoms with Crippen LogP contribution in [0, 0.1) is 0 Å². The maximum absolute atomic E-state index is 12.8. The molecule has 8 heteroatoms. The molecule has 0 unspecified atom stereocenters. The van der Waals surface area contributed by atoms with E-state index in [1.165, 1.54) is 0 Å². The van der Waals surface area contributed by atoms with Gasteiger partial charge in [-0.05, 0) is 78.9 Å². The summed E-state index contributed by atoms with van der Waals surface area (Å²) < 4.78 is 3.60. The second-order valence-corrected chi connectivity index (χ2v) is 8.57. The number of carbonyl (C=O) groups excluding carboxylic acids is 2. The third kappa shape index (κ3) is 3.90. The normalized spacial score (nSPS) is 11.1. The molecule has 0 saturated carbocycles. The van der Waals surface area contributed by atoms with Crippen LogP contribution in [0.1, 0.15) is 20.8 Å². The number of aryl methyl sites for hydroxylation is 1. The van der Waals surface area contributed by atoms with Gasteiger partial charge in [0.25, 0.3) is 11.8 Å². The van der Waals surface area contributed by atoms with E-state index >= 15 is 0 Å². The van der Waals surface area contributed by atoms with E-state index in [1.807, 2.05) is 90.9 Å². The van der Waals surface area contributed by atoms with Crippen LogP contribution < -0.4 is 10.6 Å². The first-order valence-electron chi connectivity index (χ1n) is 11.4. The minimum absolute atomic E-state index is 0.164. The van der Waals surface area contributed by atoms with Crippen molar-refractivity contribution in [3.63, 3.8) is 0 Å². The Morgan fingerprint density at radius 2 is 1.64 bits per heavy atom. The third-order valence-electron chi connectivity index (χ3n) is 6.19. The number of H-pyrrole nitrogens is 1. The molecule has 0 bridgehead atoms.